The summed E-state index contributed by atoms with van der Waals surface area (Å²) >= 11 is 6.28. The highest BCUT2D eigenvalue weighted by Gasteiger charge is 2.26. The van der Waals surface area contributed by atoms with Crippen molar-refractivity contribution in [1.29, 1.82) is 0 Å². The Morgan fingerprint density at radius 2 is 1.62 bits per heavy atom. The molecule has 1 amide bonds. The van der Waals surface area contributed by atoms with Crippen LogP contribution in [-0.4, -0.2) is 34.0 Å². The third kappa shape index (κ3) is 5.61. The summed E-state index contributed by atoms with van der Waals surface area (Å²) in [6.45, 7) is 9.67. The summed E-state index contributed by atoms with van der Waals surface area (Å²) in [6.07, 6.45) is 1.51. The Balaban J connectivity index is 1.89. The van der Waals surface area contributed by atoms with E-state index in [1.54, 1.807) is 36.4 Å². The van der Waals surface area contributed by atoms with Gasteiger partial charge in [0.25, 0.3) is 15.9 Å². The lowest BCUT2D eigenvalue weighted by Crippen LogP contribution is -2.31. The monoisotopic (exact) mass is 497 g/mol. The third-order valence-electron chi connectivity index (χ3n) is 5.36. The molecule has 0 radical (unpaired) electrons. The Kier molecular flexibility index (Phi) is 8.36. The second kappa shape index (κ2) is 11.2. The molecule has 0 aliphatic rings. The normalized spacial score (nSPS) is 11.0. The fourth-order valence-electron chi connectivity index (χ4n) is 3.56. The summed E-state index contributed by atoms with van der Waals surface area (Å²) in [7, 11) is -3.97. The first-order valence-corrected chi connectivity index (χ1v) is 12.8. The van der Waals surface area contributed by atoms with Gasteiger partial charge in [0.05, 0.1) is 27.7 Å². The predicted molar refractivity (Wildman–Crippen MR) is 141 cm³/mol. The van der Waals surface area contributed by atoms with Crippen LogP contribution in [0, 0.1) is 0 Å². The first kappa shape index (κ1) is 25.3. The third-order valence-corrected chi connectivity index (χ3v) is 7.48. The van der Waals surface area contributed by atoms with E-state index in [0.717, 1.165) is 18.8 Å². The van der Waals surface area contributed by atoms with Gasteiger partial charge in [0.2, 0.25) is 0 Å². The van der Waals surface area contributed by atoms with E-state index in [1.807, 2.05) is 18.2 Å². The Labute approximate surface area is 206 Å². The highest BCUT2D eigenvalue weighted by molar-refractivity contribution is 7.92. The number of nitrogens with zero attached hydrogens (tertiary/aromatic N) is 2. The molecule has 3 aromatic rings. The molecule has 6 nitrogen and oxygen atoms in total. The molecule has 0 fully saturated rings. The molecule has 0 unspecified atom stereocenters. The van der Waals surface area contributed by atoms with Crippen LogP contribution in [0.5, 0.6) is 0 Å². The second-order valence-corrected chi connectivity index (χ2v) is 9.74. The molecule has 0 heterocycles. The lowest BCUT2D eigenvalue weighted by Gasteiger charge is -2.23. The molecule has 8 heteroatoms. The van der Waals surface area contributed by atoms with Crippen LogP contribution >= 0.6 is 11.6 Å². The maximum absolute atomic E-state index is 13.4. The Morgan fingerprint density at radius 1 is 0.971 bits per heavy atom. The van der Waals surface area contributed by atoms with Gasteiger partial charge < -0.3 is 10.2 Å². The van der Waals surface area contributed by atoms with Gasteiger partial charge >= 0.3 is 0 Å². The number of nitrogens with one attached hydrogen (secondary N) is 1. The Bertz CT molecular complexity index is 1240. The zero-order valence-electron chi connectivity index (χ0n) is 19.2. The quantitative estimate of drug-likeness (QED) is 0.358. The summed E-state index contributed by atoms with van der Waals surface area (Å²) in [5.41, 5.74) is 2.21. The lowest BCUT2D eigenvalue weighted by atomic mass is 10.2. The standard InChI is InChI=1S/C26H28ClN3O3S/c1-4-18-30(22-10-8-7-9-11-22)34(32,33)23-16-17-25(27)24(19-23)26(31)28-20-12-14-21(15-13-20)29(5-2)6-3/h4,7-17,19H,1,5-6,18H2,2-3H3,(H,28,31). The van der Waals surface area contributed by atoms with Crippen LogP contribution in [-0.2, 0) is 10.0 Å². The van der Waals surface area contributed by atoms with E-state index in [0.29, 0.717) is 11.4 Å². The predicted octanol–water partition coefficient (Wildman–Crippen LogP) is 5.82. The lowest BCUT2D eigenvalue weighted by molar-refractivity contribution is 0.102. The van der Waals surface area contributed by atoms with Gasteiger partial charge in [-0.2, -0.15) is 0 Å². The molecule has 3 rings (SSSR count). The number of amides is 1. The van der Waals surface area contributed by atoms with Gasteiger partial charge in [0.1, 0.15) is 0 Å². The molecule has 0 aromatic heterocycles. The van der Waals surface area contributed by atoms with E-state index in [-0.39, 0.29) is 22.0 Å². The van der Waals surface area contributed by atoms with Crippen molar-refractivity contribution < 1.29 is 13.2 Å². The van der Waals surface area contributed by atoms with Crippen LogP contribution < -0.4 is 14.5 Å². The molecule has 0 aliphatic heterocycles. The van der Waals surface area contributed by atoms with Crippen LogP contribution in [0.4, 0.5) is 17.1 Å². The van der Waals surface area contributed by atoms with E-state index in [2.05, 4.69) is 30.6 Å². The summed E-state index contributed by atoms with van der Waals surface area (Å²) in [5.74, 6) is -0.493. The second-order valence-electron chi connectivity index (χ2n) is 7.48. The molecule has 3 aromatic carbocycles. The molecular weight excluding hydrogens is 470 g/mol. The molecule has 0 bridgehead atoms. The smallest absolute Gasteiger partial charge is 0.264 e. The van der Waals surface area contributed by atoms with Crippen molar-refractivity contribution in [2.24, 2.45) is 0 Å². The number of rotatable bonds is 10. The Hall–Kier alpha value is -3.29. The molecule has 34 heavy (non-hydrogen) atoms. The molecule has 0 saturated heterocycles. The summed E-state index contributed by atoms with van der Waals surface area (Å²) in [6, 6.07) is 20.3. The van der Waals surface area contributed by atoms with Crippen molar-refractivity contribution in [3.05, 3.63) is 96.0 Å². The van der Waals surface area contributed by atoms with Gasteiger partial charge in [-0.3, -0.25) is 9.10 Å². The van der Waals surface area contributed by atoms with Gasteiger partial charge in [-0.1, -0.05) is 35.9 Å². The number of carbonyl (C=O) groups excluding carboxylic acids is 1. The average Bonchev–Trinajstić information content (AvgIpc) is 2.84. The van der Waals surface area contributed by atoms with Crippen molar-refractivity contribution in [2.75, 3.05) is 34.2 Å². The summed E-state index contributed by atoms with van der Waals surface area (Å²) < 4.78 is 28.1. The van der Waals surface area contributed by atoms with Crippen LogP contribution in [0.15, 0.2) is 90.3 Å². The fraction of sp³-hybridized carbons (Fsp3) is 0.192. The minimum absolute atomic E-state index is 0.0374. The number of para-hydroxylation sites is 1. The van der Waals surface area contributed by atoms with Gasteiger partial charge in [-0.25, -0.2) is 8.42 Å². The number of sulfonamides is 1. The minimum Gasteiger partial charge on any atom is -0.372 e. The summed E-state index contributed by atoms with van der Waals surface area (Å²) in [4.78, 5) is 15.1. The van der Waals surface area contributed by atoms with Crippen molar-refractivity contribution in [2.45, 2.75) is 18.7 Å². The number of benzene rings is 3. The maximum atomic E-state index is 13.4. The Morgan fingerprint density at radius 3 is 2.21 bits per heavy atom. The van der Waals surface area contributed by atoms with E-state index in [4.69, 9.17) is 11.6 Å². The topological polar surface area (TPSA) is 69.7 Å². The van der Waals surface area contributed by atoms with Gasteiger partial charge in [-0.05, 0) is 68.4 Å². The highest BCUT2D eigenvalue weighted by Crippen LogP contribution is 2.27. The molecular formula is C26H28ClN3O3S. The molecule has 0 spiro atoms. The number of anilines is 3. The van der Waals surface area contributed by atoms with E-state index in [9.17, 15) is 13.2 Å². The van der Waals surface area contributed by atoms with Gasteiger partial charge in [0.15, 0.2) is 0 Å². The number of halogens is 1. The highest BCUT2D eigenvalue weighted by atomic mass is 35.5. The first-order chi connectivity index (χ1) is 16.3. The number of hydrogen-bond donors (Lipinski definition) is 1. The summed E-state index contributed by atoms with van der Waals surface area (Å²) in [5, 5.41) is 2.96. The van der Waals surface area contributed by atoms with E-state index >= 15 is 0 Å². The van der Waals surface area contributed by atoms with Crippen LogP contribution in [0.3, 0.4) is 0 Å². The van der Waals surface area contributed by atoms with Crippen molar-refractivity contribution in [3.8, 4) is 0 Å². The molecule has 0 atom stereocenters. The fourth-order valence-corrected chi connectivity index (χ4v) is 5.23. The zero-order chi connectivity index (χ0) is 24.7. The minimum atomic E-state index is -3.97. The molecule has 1 N–H and O–H groups in total. The maximum Gasteiger partial charge on any atom is 0.264 e. The van der Waals surface area contributed by atoms with E-state index < -0.39 is 15.9 Å². The molecule has 0 aliphatic carbocycles. The zero-order valence-corrected chi connectivity index (χ0v) is 20.8. The van der Waals surface area contributed by atoms with Crippen LogP contribution in [0.25, 0.3) is 0 Å². The average molecular weight is 498 g/mol. The van der Waals surface area contributed by atoms with Crippen molar-refractivity contribution in [1.82, 2.24) is 0 Å². The van der Waals surface area contributed by atoms with Gasteiger partial charge in [0, 0.05) is 24.5 Å². The van der Waals surface area contributed by atoms with Crippen molar-refractivity contribution in [3.63, 3.8) is 0 Å². The van der Waals surface area contributed by atoms with Crippen LogP contribution in [0.1, 0.15) is 24.2 Å². The SMILES string of the molecule is C=CCN(c1ccccc1)S(=O)(=O)c1ccc(Cl)c(C(=O)Nc2ccc(N(CC)CC)cc2)c1. The molecule has 178 valence electrons. The number of hydrogen-bond acceptors (Lipinski definition) is 4. The van der Waals surface area contributed by atoms with E-state index in [1.165, 1.54) is 28.6 Å². The largest absolute Gasteiger partial charge is 0.372 e. The number of carbonyl (C=O) groups is 1. The molecule has 0 saturated carbocycles. The van der Waals surface area contributed by atoms with Gasteiger partial charge in [-0.15, -0.1) is 6.58 Å². The van der Waals surface area contributed by atoms with Crippen LogP contribution in [0.2, 0.25) is 5.02 Å². The van der Waals surface area contributed by atoms with Crippen molar-refractivity contribution >= 4 is 44.6 Å². The first-order valence-electron chi connectivity index (χ1n) is 11.0.